The number of carbonyl (C=O) groups excluding carboxylic acids is 1. The van der Waals surface area contributed by atoms with Crippen LogP contribution in [0.5, 0.6) is 11.5 Å². The summed E-state index contributed by atoms with van der Waals surface area (Å²) in [5.41, 5.74) is 7.15. The van der Waals surface area contributed by atoms with Crippen LogP contribution in [0.2, 0.25) is 0 Å². The summed E-state index contributed by atoms with van der Waals surface area (Å²) in [5, 5.41) is 3.00. The van der Waals surface area contributed by atoms with Gasteiger partial charge in [-0.1, -0.05) is 44.2 Å². The molecule has 0 bridgehead atoms. The molecule has 2 unspecified atom stereocenters. The molecule has 2 atom stereocenters. The highest BCUT2D eigenvalue weighted by atomic mass is 16.5. The third kappa shape index (κ3) is 3.77. The van der Waals surface area contributed by atoms with Crippen LogP contribution in [0.4, 0.5) is 0 Å². The van der Waals surface area contributed by atoms with Crippen molar-refractivity contribution in [2.45, 2.75) is 52.3 Å². The third-order valence-electron chi connectivity index (χ3n) is 5.86. The van der Waals surface area contributed by atoms with E-state index in [1.165, 1.54) is 0 Å². The topological polar surface area (TPSA) is 73.6 Å². The van der Waals surface area contributed by atoms with Crippen LogP contribution in [0.1, 0.15) is 38.3 Å². The fourth-order valence-corrected chi connectivity index (χ4v) is 3.71. The molecule has 1 fully saturated rings. The first-order chi connectivity index (χ1) is 13.3. The maximum Gasteiger partial charge on any atom is 0.241 e. The Hall–Kier alpha value is -2.37. The number of para-hydroxylation sites is 1. The normalized spacial score (nSPS) is 23.0. The minimum absolute atomic E-state index is 0.00481. The summed E-state index contributed by atoms with van der Waals surface area (Å²) in [6.07, 6.45) is 0.534. The fraction of sp³-hybridized carbons (Fsp3) is 0.435. The molecule has 5 heteroatoms. The number of aryl methyl sites for hydroxylation is 1. The lowest BCUT2D eigenvalue weighted by Crippen LogP contribution is -2.75. The van der Waals surface area contributed by atoms with E-state index in [2.05, 4.69) is 5.32 Å². The fourth-order valence-electron chi connectivity index (χ4n) is 3.71. The lowest BCUT2D eigenvalue weighted by molar-refractivity contribution is -0.170. The molecule has 3 N–H and O–H groups in total. The molecule has 2 aromatic carbocycles. The first kappa shape index (κ1) is 20.4. The highest BCUT2D eigenvalue weighted by Gasteiger charge is 2.62. The average Bonchev–Trinajstić information content (AvgIpc) is 2.66. The van der Waals surface area contributed by atoms with Crippen molar-refractivity contribution in [1.29, 1.82) is 0 Å². The van der Waals surface area contributed by atoms with E-state index in [0.717, 1.165) is 22.6 Å². The molecule has 1 aliphatic rings. The van der Waals surface area contributed by atoms with E-state index in [4.69, 9.17) is 15.2 Å². The van der Waals surface area contributed by atoms with E-state index in [9.17, 15) is 4.79 Å². The van der Waals surface area contributed by atoms with E-state index in [1.54, 1.807) is 0 Å². The van der Waals surface area contributed by atoms with Crippen LogP contribution in [0.3, 0.4) is 0 Å². The van der Waals surface area contributed by atoms with E-state index < -0.39 is 11.0 Å². The maximum atomic E-state index is 12.9. The first-order valence-electron chi connectivity index (χ1n) is 9.79. The molecule has 1 saturated carbocycles. The molecule has 5 nitrogen and oxygen atoms in total. The van der Waals surface area contributed by atoms with Crippen molar-refractivity contribution in [3.63, 3.8) is 0 Å². The number of hydrogen-bond donors (Lipinski definition) is 2. The SMILES string of the molecule is CCOC1CC(N)(C(=O)NCc2ccccc2Oc2cccc(C)c2)C1(C)C. The van der Waals surface area contributed by atoms with E-state index in [-0.39, 0.29) is 12.0 Å². The van der Waals surface area contributed by atoms with Gasteiger partial charge >= 0.3 is 0 Å². The van der Waals surface area contributed by atoms with Gasteiger partial charge in [0.2, 0.25) is 5.91 Å². The highest BCUT2D eigenvalue weighted by molar-refractivity contribution is 5.88. The van der Waals surface area contributed by atoms with Gasteiger partial charge in [-0.05, 0) is 37.6 Å². The number of ether oxygens (including phenoxy) is 2. The number of nitrogens with two attached hydrogens (primary N) is 1. The Bertz CT molecular complexity index is 849. The molecule has 3 rings (SSSR count). The Labute approximate surface area is 167 Å². The Kier molecular flexibility index (Phi) is 5.77. The largest absolute Gasteiger partial charge is 0.457 e. The molecule has 0 radical (unpaired) electrons. The van der Waals surface area contributed by atoms with Crippen molar-refractivity contribution in [3.8, 4) is 11.5 Å². The smallest absolute Gasteiger partial charge is 0.241 e. The van der Waals surface area contributed by atoms with Gasteiger partial charge in [-0.3, -0.25) is 4.79 Å². The number of carbonyl (C=O) groups is 1. The van der Waals surface area contributed by atoms with Gasteiger partial charge in [-0.2, -0.15) is 0 Å². The summed E-state index contributed by atoms with van der Waals surface area (Å²) in [6, 6.07) is 15.6. The summed E-state index contributed by atoms with van der Waals surface area (Å²) < 4.78 is 11.8. The second-order valence-corrected chi connectivity index (χ2v) is 8.05. The number of hydrogen-bond acceptors (Lipinski definition) is 4. The van der Waals surface area contributed by atoms with Crippen LogP contribution < -0.4 is 15.8 Å². The van der Waals surface area contributed by atoms with Crippen LogP contribution >= 0.6 is 0 Å². The van der Waals surface area contributed by atoms with Crippen molar-refractivity contribution in [2.24, 2.45) is 11.1 Å². The molecule has 1 amide bonds. The zero-order valence-corrected chi connectivity index (χ0v) is 17.1. The molecular formula is C23H30N2O3. The van der Waals surface area contributed by atoms with Crippen LogP contribution in [0, 0.1) is 12.3 Å². The Morgan fingerprint density at radius 2 is 1.96 bits per heavy atom. The average molecular weight is 383 g/mol. The van der Waals surface area contributed by atoms with Gasteiger partial charge in [-0.25, -0.2) is 0 Å². The number of nitrogens with one attached hydrogen (secondary N) is 1. The summed E-state index contributed by atoms with van der Waals surface area (Å²) in [4.78, 5) is 12.9. The van der Waals surface area contributed by atoms with Crippen LogP contribution in [0.25, 0.3) is 0 Å². The van der Waals surface area contributed by atoms with Crippen molar-refractivity contribution in [3.05, 3.63) is 59.7 Å². The number of benzene rings is 2. The molecule has 0 heterocycles. The molecule has 1 aliphatic carbocycles. The molecule has 150 valence electrons. The first-order valence-corrected chi connectivity index (χ1v) is 9.79. The quantitative estimate of drug-likeness (QED) is 0.761. The molecule has 0 spiro atoms. The van der Waals surface area contributed by atoms with Crippen LogP contribution in [0.15, 0.2) is 48.5 Å². The Morgan fingerprint density at radius 1 is 1.21 bits per heavy atom. The molecule has 28 heavy (non-hydrogen) atoms. The third-order valence-corrected chi connectivity index (χ3v) is 5.86. The minimum Gasteiger partial charge on any atom is -0.457 e. The van der Waals surface area contributed by atoms with Gasteiger partial charge in [0.25, 0.3) is 0 Å². The molecular weight excluding hydrogens is 352 g/mol. The lowest BCUT2D eigenvalue weighted by Gasteiger charge is -2.57. The van der Waals surface area contributed by atoms with E-state index in [0.29, 0.717) is 19.6 Å². The summed E-state index contributed by atoms with van der Waals surface area (Å²) in [5.74, 6) is 1.34. The lowest BCUT2D eigenvalue weighted by atomic mass is 9.54. The van der Waals surface area contributed by atoms with Crippen LogP contribution in [-0.4, -0.2) is 24.2 Å². The van der Waals surface area contributed by atoms with Crippen molar-refractivity contribution in [1.82, 2.24) is 5.32 Å². The van der Waals surface area contributed by atoms with E-state index >= 15 is 0 Å². The monoisotopic (exact) mass is 382 g/mol. The zero-order valence-electron chi connectivity index (χ0n) is 17.1. The maximum absolute atomic E-state index is 12.9. The standard InChI is InChI=1S/C23H30N2O3/c1-5-27-20-14-23(24,22(20,3)4)21(26)25-15-17-10-6-7-12-19(17)28-18-11-8-9-16(2)13-18/h6-13,20H,5,14-15,24H2,1-4H3,(H,25,26). The van der Waals surface area contributed by atoms with Crippen LogP contribution in [-0.2, 0) is 16.1 Å². The van der Waals surface area contributed by atoms with Gasteiger partial charge in [-0.15, -0.1) is 0 Å². The predicted octanol–water partition coefficient (Wildman–Crippen LogP) is 3.94. The van der Waals surface area contributed by atoms with Crippen molar-refractivity contribution in [2.75, 3.05) is 6.61 Å². The number of rotatable bonds is 7. The van der Waals surface area contributed by atoms with Gasteiger partial charge in [0, 0.05) is 30.6 Å². The Balaban J connectivity index is 1.68. The summed E-state index contributed by atoms with van der Waals surface area (Å²) in [6.45, 7) is 8.94. The van der Waals surface area contributed by atoms with Crippen molar-refractivity contribution < 1.29 is 14.3 Å². The zero-order chi connectivity index (χ0) is 20.4. The second-order valence-electron chi connectivity index (χ2n) is 8.05. The van der Waals surface area contributed by atoms with Gasteiger partial charge in [0.15, 0.2) is 0 Å². The highest BCUT2D eigenvalue weighted by Crippen LogP contribution is 2.49. The second kappa shape index (κ2) is 7.94. The molecule has 0 saturated heterocycles. The number of amides is 1. The van der Waals surface area contributed by atoms with Gasteiger partial charge in [0.05, 0.1) is 6.10 Å². The summed E-state index contributed by atoms with van der Waals surface area (Å²) in [7, 11) is 0. The molecule has 0 aliphatic heterocycles. The van der Waals surface area contributed by atoms with E-state index in [1.807, 2.05) is 76.2 Å². The van der Waals surface area contributed by atoms with Gasteiger partial charge < -0.3 is 20.5 Å². The predicted molar refractivity (Wildman–Crippen MR) is 110 cm³/mol. The van der Waals surface area contributed by atoms with Gasteiger partial charge in [0.1, 0.15) is 17.0 Å². The summed E-state index contributed by atoms with van der Waals surface area (Å²) >= 11 is 0. The molecule has 0 aromatic heterocycles. The Morgan fingerprint density at radius 3 is 2.64 bits per heavy atom. The minimum atomic E-state index is -0.931. The molecule has 2 aromatic rings. The van der Waals surface area contributed by atoms with Crippen molar-refractivity contribution >= 4 is 5.91 Å².